The van der Waals surface area contributed by atoms with Gasteiger partial charge in [-0.25, -0.2) is 9.97 Å². The third-order valence-electron chi connectivity index (χ3n) is 4.29. The van der Waals surface area contributed by atoms with Crippen molar-refractivity contribution in [2.75, 3.05) is 24.2 Å². The molecular weight excluding hydrogens is 335 g/mol. The fraction of sp³-hybridized carbons (Fsp3) is 0.500. The van der Waals surface area contributed by atoms with Crippen LogP contribution in [0.5, 0.6) is 0 Å². The highest BCUT2D eigenvalue weighted by Crippen LogP contribution is 2.31. The summed E-state index contributed by atoms with van der Waals surface area (Å²) in [4.78, 5) is 33.2. The van der Waals surface area contributed by atoms with Crippen LogP contribution in [0.25, 0.3) is 11.3 Å². The first kappa shape index (κ1) is 19.7. The summed E-state index contributed by atoms with van der Waals surface area (Å²) in [5.41, 5.74) is 1.88. The van der Waals surface area contributed by atoms with E-state index >= 15 is 0 Å². The van der Waals surface area contributed by atoms with Crippen LogP contribution in [0.15, 0.2) is 36.9 Å². The van der Waals surface area contributed by atoms with Crippen LogP contribution in [0.2, 0.25) is 0 Å². The second-order valence-corrected chi connectivity index (χ2v) is 7.01. The average Bonchev–Trinajstić information content (AvgIpc) is 2.69. The number of aromatic nitrogens is 3. The first-order chi connectivity index (χ1) is 12.2. The Morgan fingerprint density at radius 3 is 2.60 bits per heavy atom. The molecule has 2 aromatic rings. The van der Waals surface area contributed by atoms with Crippen LogP contribution < -0.4 is 4.90 Å². The number of anilines is 1. The van der Waals surface area contributed by atoms with Gasteiger partial charge in [0.05, 0.1) is 5.69 Å². The van der Waals surface area contributed by atoms with E-state index in [1.807, 2.05) is 32.0 Å². The first-order valence-electron chi connectivity index (χ1n) is 8.85. The minimum Gasteiger partial charge on any atom is -0.356 e. The monoisotopic (exact) mass is 362 g/mol. The molecule has 3 rings (SSSR count). The molecule has 25 heavy (non-hydrogen) atoms. The van der Waals surface area contributed by atoms with Gasteiger partial charge in [-0.1, -0.05) is 13.8 Å². The zero-order valence-corrected chi connectivity index (χ0v) is 15.8. The van der Waals surface area contributed by atoms with Crippen LogP contribution in [0.3, 0.4) is 0 Å². The van der Waals surface area contributed by atoms with Gasteiger partial charge in [-0.2, -0.15) is 0 Å². The van der Waals surface area contributed by atoms with Crippen molar-refractivity contribution in [3.63, 3.8) is 0 Å². The molecule has 0 saturated carbocycles. The van der Waals surface area contributed by atoms with Crippen LogP contribution in [-0.2, 0) is 0 Å². The Balaban J connectivity index is 0.00000109. The molecule has 0 amide bonds. The van der Waals surface area contributed by atoms with E-state index in [4.69, 9.17) is 9.79 Å². The van der Waals surface area contributed by atoms with Gasteiger partial charge in [-0.3, -0.25) is 4.98 Å². The van der Waals surface area contributed by atoms with Gasteiger partial charge in [0, 0.05) is 43.3 Å². The van der Waals surface area contributed by atoms with Gasteiger partial charge in [0.2, 0.25) is 0 Å². The summed E-state index contributed by atoms with van der Waals surface area (Å²) in [5, 5.41) is 0. The normalized spacial score (nSPS) is 15.0. The van der Waals surface area contributed by atoms with Crippen molar-refractivity contribution in [2.24, 2.45) is 5.92 Å². The molecule has 1 aliphatic rings. The maximum atomic E-state index is 9.04. The van der Waals surface area contributed by atoms with Gasteiger partial charge in [-0.05, 0) is 37.3 Å². The Morgan fingerprint density at radius 2 is 1.96 bits per heavy atom. The summed E-state index contributed by atoms with van der Waals surface area (Å²) in [6, 6.07) is 5.91. The summed E-state index contributed by atoms with van der Waals surface area (Å²) in [7, 11) is -1.75. The summed E-state index contributed by atoms with van der Waals surface area (Å²) >= 11 is 0. The highest BCUT2D eigenvalue weighted by Gasteiger charge is 2.21. The van der Waals surface area contributed by atoms with E-state index in [0.29, 0.717) is 12.1 Å². The fourth-order valence-electron chi connectivity index (χ4n) is 2.94. The summed E-state index contributed by atoms with van der Waals surface area (Å²) in [5.74, 6) is 1.53. The molecule has 7 heteroatoms. The second kappa shape index (κ2) is 10.4. The molecule has 3 heterocycles. The van der Waals surface area contributed by atoms with Crippen LogP contribution in [0, 0.1) is 5.92 Å². The quantitative estimate of drug-likeness (QED) is 0.793. The number of hydrogen-bond donors (Lipinski definition) is 2. The van der Waals surface area contributed by atoms with Gasteiger partial charge >= 0.3 is 0 Å². The smallest absolute Gasteiger partial charge is 0.164 e. The van der Waals surface area contributed by atoms with E-state index in [2.05, 4.69) is 19.9 Å². The van der Waals surface area contributed by atoms with Crippen LogP contribution in [0.1, 0.15) is 33.1 Å². The maximum absolute atomic E-state index is 9.04. The number of pyridine rings is 1. The minimum absolute atomic E-state index is 0.526. The average molecular weight is 362 g/mol. The molecule has 0 spiro atoms. The standard InChI is InChI=1S/C16H21N4O2P.C2H6/c21-23(22)9-5-13-3-7-20(8-4-13)16-10-15(18-12-19-16)14-2-1-6-17-11-14;1-2/h1-2,6,10-13,21-22H,3-5,7-9H2;1-2H3. The lowest BCUT2D eigenvalue weighted by atomic mass is 9.94. The van der Waals surface area contributed by atoms with Crippen molar-refractivity contribution in [1.82, 2.24) is 15.0 Å². The Labute approximate surface area is 150 Å². The molecule has 6 nitrogen and oxygen atoms in total. The molecule has 0 aliphatic carbocycles. The van der Waals surface area contributed by atoms with Crippen LogP contribution in [0.4, 0.5) is 5.82 Å². The third-order valence-corrected chi connectivity index (χ3v) is 4.94. The Kier molecular flexibility index (Phi) is 8.19. The van der Waals surface area contributed by atoms with E-state index < -0.39 is 8.38 Å². The SMILES string of the molecule is CC.OP(O)CCC1CCN(c2cc(-c3cccnc3)ncn2)CC1. The van der Waals surface area contributed by atoms with Gasteiger partial charge < -0.3 is 14.7 Å². The minimum atomic E-state index is -1.75. The zero-order valence-electron chi connectivity index (χ0n) is 14.9. The molecule has 2 N–H and O–H groups in total. The lowest BCUT2D eigenvalue weighted by Crippen LogP contribution is -2.34. The molecule has 1 fully saturated rings. The van der Waals surface area contributed by atoms with E-state index in [1.54, 1.807) is 18.7 Å². The Morgan fingerprint density at radius 1 is 1.20 bits per heavy atom. The van der Waals surface area contributed by atoms with Crippen molar-refractivity contribution in [3.05, 3.63) is 36.9 Å². The molecule has 0 aromatic carbocycles. The molecule has 0 atom stereocenters. The predicted octanol–water partition coefficient (Wildman–Crippen LogP) is 3.47. The van der Waals surface area contributed by atoms with E-state index in [0.717, 1.165) is 49.4 Å². The Hall–Kier alpha value is -1.62. The van der Waals surface area contributed by atoms with Crippen LogP contribution >= 0.6 is 8.38 Å². The lowest BCUT2D eigenvalue weighted by molar-refractivity contribution is 0.386. The topological polar surface area (TPSA) is 82.4 Å². The molecule has 2 aromatic heterocycles. The van der Waals surface area contributed by atoms with Gasteiger partial charge in [0.1, 0.15) is 12.1 Å². The molecule has 0 bridgehead atoms. The molecule has 0 radical (unpaired) electrons. The van der Waals surface area contributed by atoms with E-state index in [1.165, 1.54) is 0 Å². The molecular formula is C18H27N4O2P. The van der Waals surface area contributed by atoms with Crippen molar-refractivity contribution in [3.8, 4) is 11.3 Å². The Bertz CT molecular complexity index is 619. The largest absolute Gasteiger partial charge is 0.356 e. The second-order valence-electron chi connectivity index (χ2n) is 5.82. The van der Waals surface area contributed by atoms with Crippen molar-refractivity contribution >= 4 is 14.2 Å². The highest BCUT2D eigenvalue weighted by molar-refractivity contribution is 7.45. The number of rotatable bonds is 5. The van der Waals surface area contributed by atoms with Crippen molar-refractivity contribution in [2.45, 2.75) is 33.1 Å². The van der Waals surface area contributed by atoms with Gasteiger partial charge in [0.25, 0.3) is 0 Å². The number of nitrogens with zero attached hydrogens (tertiary/aromatic N) is 4. The number of hydrogen-bond acceptors (Lipinski definition) is 6. The first-order valence-corrected chi connectivity index (χ1v) is 10.3. The predicted molar refractivity (Wildman–Crippen MR) is 102 cm³/mol. The lowest BCUT2D eigenvalue weighted by Gasteiger charge is -2.33. The molecule has 0 unspecified atom stereocenters. The molecule has 136 valence electrons. The van der Waals surface area contributed by atoms with Crippen LogP contribution in [-0.4, -0.2) is 44.0 Å². The number of piperidine rings is 1. The highest BCUT2D eigenvalue weighted by atomic mass is 31.2. The summed E-state index contributed by atoms with van der Waals surface area (Å²) < 4.78 is 0. The van der Waals surface area contributed by atoms with Gasteiger partial charge in [0.15, 0.2) is 8.38 Å². The van der Waals surface area contributed by atoms with E-state index in [-0.39, 0.29) is 0 Å². The fourth-order valence-corrected chi connectivity index (χ4v) is 3.54. The summed E-state index contributed by atoms with van der Waals surface area (Å²) in [6.07, 6.45) is 8.72. The molecule has 1 aliphatic heterocycles. The summed E-state index contributed by atoms with van der Waals surface area (Å²) in [6.45, 7) is 5.89. The van der Waals surface area contributed by atoms with Crippen molar-refractivity contribution in [1.29, 1.82) is 0 Å². The third kappa shape index (κ3) is 5.99. The van der Waals surface area contributed by atoms with E-state index in [9.17, 15) is 0 Å². The zero-order chi connectivity index (χ0) is 18.1. The van der Waals surface area contributed by atoms with Gasteiger partial charge in [-0.15, -0.1) is 0 Å². The maximum Gasteiger partial charge on any atom is 0.164 e. The molecule has 1 saturated heterocycles. The van der Waals surface area contributed by atoms with Crippen molar-refractivity contribution < 1.29 is 9.79 Å².